The van der Waals surface area contributed by atoms with E-state index in [0.29, 0.717) is 18.0 Å². The lowest BCUT2D eigenvalue weighted by molar-refractivity contribution is -0.941. The van der Waals surface area contributed by atoms with Gasteiger partial charge in [0.1, 0.15) is 25.3 Å². The molecule has 2 heterocycles. The van der Waals surface area contributed by atoms with E-state index in [-0.39, 0.29) is 18.1 Å². The molecule has 21 heavy (non-hydrogen) atoms. The Morgan fingerprint density at radius 2 is 2.05 bits per heavy atom. The van der Waals surface area contributed by atoms with Crippen LogP contribution in [0.1, 0.15) is 23.5 Å². The van der Waals surface area contributed by atoms with Gasteiger partial charge in [-0.25, -0.2) is 0 Å². The third-order valence-corrected chi connectivity index (χ3v) is 4.84. The van der Waals surface area contributed by atoms with E-state index >= 15 is 0 Å². The molecule has 1 unspecified atom stereocenters. The highest BCUT2D eigenvalue weighted by Crippen LogP contribution is 2.28. The zero-order chi connectivity index (χ0) is 15.6. The summed E-state index contributed by atoms with van der Waals surface area (Å²) in [6.07, 6.45) is -0.514. The molecule has 1 fully saturated rings. The molecule has 1 aromatic rings. The summed E-state index contributed by atoms with van der Waals surface area (Å²) < 4.78 is 4.11. The number of halogens is 3. The minimum absolute atomic E-state index is 0.0530. The monoisotopic (exact) mass is 371 g/mol. The van der Waals surface area contributed by atoms with Crippen LogP contribution in [0.5, 0.6) is 0 Å². The van der Waals surface area contributed by atoms with Crippen LogP contribution in [0.15, 0.2) is 17.5 Å². The van der Waals surface area contributed by atoms with Crippen LogP contribution in [0, 0.1) is 0 Å². The maximum absolute atomic E-state index is 12.2. The van der Waals surface area contributed by atoms with Crippen molar-refractivity contribution in [2.75, 3.05) is 13.1 Å². The van der Waals surface area contributed by atoms with Crippen LogP contribution in [0.2, 0.25) is 0 Å². The second-order valence-corrected chi connectivity index (χ2v) is 8.57. The molecule has 1 saturated heterocycles. The summed E-state index contributed by atoms with van der Waals surface area (Å²) in [5.41, 5.74) is 0. The standard InChI is InChI=1S/C13H17Cl3N2O2S/c1-8-6-18(7-9(2)20-8)12(13(14,15)16)17-11(19)10-4-3-5-21-10/h3-5,8-9,12H,6-7H2,1-2H3,(H,17,19)/p+1/t8-,9+,12-/m0/s1. The number of hydrogen-bond acceptors (Lipinski definition) is 3. The molecule has 0 spiro atoms. The quantitative estimate of drug-likeness (QED) is 0.796. The van der Waals surface area contributed by atoms with Gasteiger partial charge in [0.05, 0.1) is 4.88 Å². The maximum Gasteiger partial charge on any atom is 0.265 e. The number of ether oxygens (including phenoxy) is 1. The van der Waals surface area contributed by atoms with Crippen molar-refractivity contribution in [2.24, 2.45) is 0 Å². The molecule has 1 amide bonds. The Bertz CT molecular complexity index is 468. The van der Waals surface area contributed by atoms with Gasteiger partial charge in [0.15, 0.2) is 0 Å². The van der Waals surface area contributed by atoms with Crippen molar-refractivity contribution < 1.29 is 14.4 Å². The normalized spacial score (nSPS) is 28.1. The number of carbonyl (C=O) groups excluding carboxylic acids is 1. The highest BCUT2D eigenvalue weighted by molar-refractivity contribution is 7.12. The van der Waals surface area contributed by atoms with Crippen LogP contribution < -0.4 is 10.2 Å². The van der Waals surface area contributed by atoms with E-state index in [9.17, 15) is 4.79 Å². The average molecular weight is 373 g/mol. The Labute approximate surface area is 143 Å². The van der Waals surface area contributed by atoms with Crippen molar-refractivity contribution in [1.29, 1.82) is 0 Å². The number of rotatable bonds is 3. The van der Waals surface area contributed by atoms with Crippen molar-refractivity contribution in [3.8, 4) is 0 Å². The van der Waals surface area contributed by atoms with Gasteiger partial charge in [0, 0.05) is 0 Å². The summed E-state index contributed by atoms with van der Waals surface area (Å²) in [5, 5.41) is 4.69. The number of morpholine rings is 1. The van der Waals surface area contributed by atoms with Crippen LogP contribution >= 0.6 is 46.1 Å². The molecular formula is C13H18Cl3N2O2S+. The van der Waals surface area contributed by atoms with Gasteiger partial charge >= 0.3 is 0 Å². The minimum Gasteiger partial charge on any atom is -0.364 e. The number of quaternary nitrogens is 1. The second-order valence-electron chi connectivity index (χ2n) is 5.25. The molecule has 4 atom stereocenters. The predicted octanol–water partition coefficient (Wildman–Crippen LogP) is 1.87. The molecule has 2 rings (SSSR count). The largest absolute Gasteiger partial charge is 0.364 e. The lowest BCUT2D eigenvalue weighted by Crippen LogP contribution is -3.22. The van der Waals surface area contributed by atoms with Gasteiger partial charge in [-0.3, -0.25) is 10.1 Å². The van der Waals surface area contributed by atoms with Gasteiger partial charge in [-0.2, -0.15) is 0 Å². The van der Waals surface area contributed by atoms with Crippen molar-refractivity contribution in [3.05, 3.63) is 22.4 Å². The minimum atomic E-state index is -1.58. The van der Waals surface area contributed by atoms with Gasteiger partial charge in [0.2, 0.25) is 6.17 Å². The Morgan fingerprint density at radius 3 is 2.52 bits per heavy atom. The lowest BCUT2D eigenvalue weighted by Gasteiger charge is -2.39. The number of thiophene rings is 1. The molecule has 2 N–H and O–H groups in total. The van der Waals surface area contributed by atoms with E-state index in [1.807, 2.05) is 25.3 Å². The number of carbonyl (C=O) groups is 1. The Kier molecular flexibility index (Phi) is 5.79. The first kappa shape index (κ1) is 17.3. The second kappa shape index (κ2) is 7.02. The average Bonchev–Trinajstić information content (AvgIpc) is 2.86. The van der Waals surface area contributed by atoms with Gasteiger partial charge < -0.3 is 9.64 Å². The molecule has 1 aliphatic rings. The SMILES string of the molecule is C[C@@H]1C[NH+]([C@H](NC(=O)c2cccs2)C(Cl)(Cl)Cl)C[C@H](C)O1. The molecule has 1 aromatic heterocycles. The summed E-state index contributed by atoms with van der Waals surface area (Å²) in [5.74, 6) is -0.222. The number of amides is 1. The Balaban J connectivity index is 2.13. The highest BCUT2D eigenvalue weighted by atomic mass is 35.6. The van der Waals surface area contributed by atoms with Crippen LogP contribution in [0.3, 0.4) is 0 Å². The van der Waals surface area contributed by atoms with E-state index in [1.54, 1.807) is 6.07 Å². The topological polar surface area (TPSA) is 42.8 Å². The van der Waals surface area contributed by atoms with Gasteiger partial charge in [-0.1, -0.05) is 40.9 Å². The fourth-order valence-corrected chi connectivity index (χ4v) is 3.83. The van der Waals surface area contributed by atoms with Crippen LogP contribution in [-0.2, 0) is 4.74 Å². The molecule has 1 aliphatic heterocycles. The first-order chi connectivity index (χ1) is 9.77. The summed E-state index contributed by atoms with van der Waals surface area (Å²) in [7, 11) is 0. The Morgan fingerprint density at radius 1 is 1.43 bits per heavy atom. The molecule has 0 aromatic carbocycles. The highest BCUT2D eigenvalue weighted by Gasteiger charge is 2.45. The smallest absolute Gasteiger partial charge is 0.265 e. The molecule has 0 bridgehead atoms. The summed E-state index contributed by atoms with van der Waals surface area (Å²) in [6, 6.07) is 3.56. The molecular weight excluding hydrogens is 355 g/mol. The Hall–Kier alpha value is -0.0400. The zero-order valence-electron chi connectivity index (χ0n) is 11.7. The molecule has 8 heteroatoms. The van der Waals surface area contributed by atoms with Crippen molar-refractivity contribution >= 4 is 52.0 Å². The molecule has 0 saturated carbocycles. The molecule has 0 radical (unpaired) electrons. The van der Waals surface area contributed by atoms with E-state index in [1.165, 1.54) is 11.3 Å². The first-order valence-electron chi connectivity index (χ1n) is 6.68. The van der Waals surface area contributed by atoms with Crippen LogP contribution in [0.4, 0.5) is 0 Å². The van der Waals surface area contributed by atoms with Crippen LogP contribution in [-0.4, -0.2) is 41.2 Å². The summed E-state index contributed by atoms with van der Waals surface area (Å²) in [6.45, 7) is 5.31. The van der Waals surface area contributed by atoms with E-state index in [4.69, 9.17) is 39.5 Å². The van der Waals surface area contributed by atoms with Crippen molar-refractivity contribution in [1.82, 2.24) is 5.32 Å². The van der Waals surface area contributed by atoms with Crippen LogP contribution in [0.25, 0.3) is 0 Å². The third-order valence-electron chi connectivity index (χ3n) is 3.32. The van der Waals surface area contributed by atoms with E-state index in [0.717, 1.165) is 4.90 Å². The van der Waals surface area contributed by atoms with Crippen molar-refractivity contribution in [2.45, 2.75) is 36.0 Å². The summed E-state index contributed by atoms with van der Waals surface area (Å²) >= 11 is 19.6. The third kappa shape index (κ3) is 4.71. The van der Waals surface area contributed by atoms with Gasteiger partial charge in [-0.05, 0) is 25.3 Å². The van der Waals surface area contributed by atoms with Gasteiger partial charge in [0.25, 0.3) is 9.70 Å². The number of hydrogen-bond donors (Lipinski definition) is 2. The molecule has 118 valence electrons. The first-order valence-corrected chi connectivity index (χ1v) is 8.70. The number of alkyl halides is 3. The number of nitrogens with one attached hydrogen (secondary N) is 2. The molecule has 4 nitrogen and oxygen atoms in total. The van der Waals surface area contributed by atoms with Crippen molar-refractivity contribution in [3.63, 3.8) is 0 Å². The fraction of sp³-hybridized carbons (Fsp3) is 0.615. The fourth-order valence-electron chi connectivity index (χ4n) is 2.58. The summed E-state index contributed by atoms with van der Waals surface area (Å²) in [4.78, 5) is 13.9. The van der Waals surface area contributed by atoms with Gasteiger partial charge in [-0.15, -0.1) is 11.3 Å². The maximum atomic E-state index is 12.2. The lowest BCUT2D eigenvalue weighted by atomic mass is 10.2. The van der Waals surface area contributed by atoms with E-state index < -0.39 is 9.96 Å². The molecule has 0 aliphatic carbocycles. The predicted molar refractivity (Wildman–Crippen MR) is 86.6 cm³/mol. The van der Waals surface area contributed by atoms with E-state index in [2.05, 4.69) is 5.32 Å². The zero-order valence-corrected chi connectivity index (χ0v) is 14.8.